The van der Waals surface area contributed by atoms with Gasteiger partial charge >= 0.3 is 0 Å². The van der Waals surface area contributed by atoms with Crippen molar-refractivity contribution in [1.82, 2.24) is 4.98 Å². The average molecular weight is 390 g/mol. The summed E-state index contributed by atoms with van der Waals surface area (Å²) in [5.41, 5.74) is 1.17. The summed E-state index contributed by atoms with van der Waals surface area (Å²) in [6, 6.07) is 16.6. The fourth-order valence-corrected chi connectivity index (χ4v) is 3.37. The van der Waals surface area contributed by atoms with Crippen LogP contribution in [0.1, 0.15) is 0 Å². The monoisotopic (exact) mass is 389 g/mol. The summed E-state index contributed by atoms with van der Waals surface area (Å²) in [5.74, 6) is 1.30. The molecule has 0 aliphatic heterocycles. The maximum absolute atomic E-state index is 12.3. The second-order valence-electron chi connectivity index (χ2n) is 5.35. The highest BCUT2D eigenvalue weighted by Crippen LogP contribution is 2.22. The highest BCUT2D eigenvalue weighted by Gasteiger charge is 2.14. The molecule has 26 heavy (non-hydrogen) atoms. The molecule has 6 nitrogen and oxygen atoms in total. The van der Waals surface area contributed by atoms with Gasteiger partial charge in [0.15, 0.2) is 0 Å². The number of methoxy groups -OCH3 is 1. The molecule has 0 bridgehead atoms. The molecule has 0 saturated carbocycles. The van der Waals surface area contributed by atoms with E-state index in [1.54, 1.807) is 19.2 Å². The molecule has 1 aromatic heterocycles. The third-order valence-corrected chi connectivity index (χ3v) is 5.13. The van der Waals surface area contributed by atoms with Crippen molar-refractivity contribution in [2.24, 2.45) is 0 Å². The predicted octanol–water partition coefficient (Wildman–Crippen LogP) is 4.29. The molecule has 3 aromatic rings. The Morgan fingerprint density at radius 3 is 2.42 bits per heavy atom. The van der Waals surface area contributed by atoms with Crippen LogP contribution in [0.3, 0.4) is 0 Å². The van der Waals surface area contributed by atoms with E-state index in [0.717, 1.165) is 11.4 Å². The Balaban J connectivity index is 1.72. The van der Waals surface area contributed by atoms with Crippen molar-refractivity contribution in [3.05, 3.63) is 71.9 Å². The highest BCUT2D eigenvalue weighted by molar-refractivity contribution is 7.92. The molecule has 3 rings (SSSR count). The molecule has 2 aromatic carbocycles. The Morgan fingerprint density at radius 2 is 1.77 bits per heavy atom. The van der Waals surface area contributed by atoms with Crippen LogP contribution in [0.25, 0.3) is 0 Å². The normalized spacial score (nSPS) is 11.0. The van der Waals surface area contributed by atoms with Gasteiger partial charge in [-0.25, -0.2) is 13.4 Å². The van der Waals surface area contributed by atoms with Gasteiger partial charge in [0.25, 0.3) is 10.0 Å². The van der Waals surface area contributed by atoms with Gasteiger partial charge in [0.1, 0.15) is 11.6 Å². The zero-order valence-corrected chi connectivity index (χ0v) is 15.4. The van der Waals surface area contributed by atoms with Gasteiger partial charge in [-0.3, -0.25) is 4.72 Å². The number of ether oxygens (including phenoxy) is 1. The Kier molecular flexibility index (Phi) is 5.29. The van der Waals surface area contributed by atoms with Crippen molar-refractivity contribution in [3.8, 4) is 5.75 Å². The number of sulfonamides is 1. The molecule has 0 fully saturated rings. The maximum Gasteiger partial charge on any atom is 0.261 e. The summed E-state index contributed by atoms with van der Waals surface area (Å²) in [6.07, 6.45) is 1.44. The molecular weight excluding hydrogens is 374 g/mol. The number of rotatable bonds is 6. The van der Waals surface area contributed by atoms with Crippen molar-refractivity contribution in [3.63, 3.8) is 0 Å². The van der Waals surface area contributed by atoms with Crippen LogP contribution >= 0.6 is 11.6 Å². The lowest BCUT2D eigenvalue weighted by atomic mass is 10.3. The minimum absolute atomic E-state index is 0.125. The van der Waals surface area contributed by atoms with Crippen LogP contribution < -0.4 is 14.8 Å². The third kappa shape index (κ3) is 4.44. The number of benzene rings is 2. The molecule has 0 unspecified atom stereocenters. The summed E-state index contributed by atoms with van der Waals surface area (Å²) in [5, 5.41) is 3.59. The standard InChI is InChI=1S/C18H16ClN3O3S/c1-25-16-4-2-3-14(11-16)21-18-10-7-15(12-20-18)22-26(23,24)17-8-5-13(19)6-9-17/h2-12,22H,1H3,(H,20,21). The molecule has 0 radical (unpaired) electrons. The topological polar surface area (TPSA) is 80.3 Å². The van der Waals surface area contributed by atoms with Crippen molar-refractivity contribution >= 4 is 38.8 Å². The lowest BCUT2D eigenvalue weighted by Crippen LogP contribution is -2.13. The number of nitrogens with one attached hydrogen (secondary N) is 2. The lowest BCUT2D eigenvalue weighted by molar-refractivity contribution is 0.415. The summed E-state index contributed by atoms with van der Waals surface area (Å²) >= 11 is 5.78. The van der Waals surface area contributed by atoms with Crippen LogP contribution in [-0.2, 0) is 10.0 Å². The van der Waals surface area contributed by atoms with Crippen molar-refractivity contribution < 1.29 is 13.2 Å². The van der Waals surface area contributed by atoms with E-state index < -0.39 is 10.0 Å². The van der Waals surface area contributed by atoms with Crippen molar-refractivity contribution in [1.29, 1.82) is 0 Å². The fourth-order valence-electron chi connectivity index (χ4n) is 2.20. The van der Waals surface area contributed by atoms with Gasteiger partial charge in [-0.15, -0.1) is 0 Å². The van der Waals surface area contributed by atoms with Gasteiger partial charge in [0.2, 0.25) is 0 Å². The Morgan fingerprint density at radius 1 is 1.00 bits per heavy atom. The first-order valence-corrected chi connectivity index (χ1v) is 9.48. The Bertz CT molecular complexity index is 991. The van der Waals surface area contributed by atoms with Gasteiger partial charge in [-0.2, -0.15) is 0 Å². The van der Waals surface area contributed by atoms with Crippen LogP contribution in [0.15, 0.2) is 71.8 Å². The van der Waals surface area contributed by atoms with Crippen molar-refractivity contribution in [2.45, 2.75) is 4.90 Å². The number of anilines is 3. The van der Waals surface area contributed by atoms with Crippen LogP contribution in [0, 0.1) is 0 Å². The van der Waals surface area contributed by atoms with Crippen LogP contribution in [-0.4, -0.2) is 20.5 Å². The largest absolute Gasteiger partial charge is 0.497 e. The van der Waals surface area contributed by atoms with E-state index in [1.165, 1.54) is 30.5 Å². The third-order valence-electron chi connectivity index (χ3n) is 3.48. The van der Waals surface area contributed by atoms with Gasteiger partial charge in [0.05, 0.1) is 23.9 Å². The number of hydrogen-bond acceptors (Lipinski definition) is 5. The minimum atomic E-state index is -3.70. The summed E-state index contributed by atoms with van der Waals surface area (Å²) < 4.78 is 32.3. The second-order valence-corrected chi connectivity index (χ2v) is 7.47. The smallest absolute Gasteiger partial charge is 0.261 e. The van der Waals surface area contributed by atoms with Gasteiger partial charge in [-0.1, -0.05) is 17.7 Å². The SMILES string of the molecule is COc1cccc(Nc2ccc(NS(=O)(=O)c3ccc(Cl)cc3)cn2)c1. The van der Waals surface area contributed by atoms with Gasteiger partial charge in [0, 0.05) is 16.8 Å². The minimum Gasteiger partial charge on any atom is -0.497 e. The summed E-state index contributed by atoms with van der Waals surface area (Å²) in [6.45, 7) is 0. The predicted molar refractivity (Wildman–Crippen MR) is 103 cm³/mol. The molecule has 2 N–H and O–H groups in total. The van der Waals surface area contributed by atoms with E-state index in [4.69, 9.17) is 16.3 Å². The van der Waals surface area contributed by atoms with E-state index in [1.807, 2.05) is 24.3 Å². The Labute approximate surface area is 156 Å². The van der Waals surface area contributed by atoms with Gasteiger partial charge < -0.3 is 10.1 Å². The van der Waals surface area contributed by atoms with E-state index in [2.05, 4.69) is 15.0 Å². The molecule has 8 heteroatoms. The maximum atomic E-state index is 12.3. The average Bonchev–Trinajstić information content (AvgIpc) is 2.64. The van der Waals surface area contributed by atoms with Crippen molar-refractivity contribution in [2.75, 3.05) is 17.1 Å². The van der Waals surface area contributed by atoms with Gasteiger partial charge in [-0.05, 0) is 48.5 Å². The van der Waals surface area contributed by atoms with E-state index >= 15 is 0 Å². The molecule has 134 valence electrons. The number of aromatic nitrogens is 1. The van der Waals surface area contributed by atoms with Crippen LogP contribution in [0.2, 0.25) is 5.02 Å². The molecular formula is C18H16ClN3O3S. The molecule has 0 spiro atoms. The molecule has 0 amide bonds. The quantitative estimate of drug-likeness (QED) is 0.657. The first kappa shape index (κ1) is 18.0. The zero-order chi connectivity index (χ0) is 18.6. The first-order valence-electron chi connectivity index (χ1n) is 7.62. The van der Waals surface area contributed by atoms with E-state index in [-0.39, 0.29) is 4.90 Å². The highest BCUT2D eigenvalue weighted by atomic mass is 35.5. The number of pyridine rings is 1. The first-order chi connectivity index (χ1) is 12.5. The Hall–Kier alpha value is -2.77. The van der Waals surface area contributed by atoms with Crippen LogP contribution in [0.5, 0.6) is 5.75 Å². The number of nitrogens with zero attached hydrogens (tertiary/aromatic N) is 1. The molecule has 0 atom stereocenters. The molecule has 0 aliphatic rings. The zero-order valence-electron chi connectivity index (χ0n) is 13.8. The summed E-state index contributed by atoms with van der Waals surface area (Å²) in [7, 11) is -2.10. The number of halogens is 1. The fraction of sp³-hybridized carbons (Fsp3) is 0.0556. The number of hydrogen-bond donors (Lipinski definition) is 2. The van der Waals surface area contributed by atoms with E-state index in [0.29, 0.717) is 16.5 Å². The molecule has 1 heterocycles. The summed E-state index contributed by atoms with van der Waals surface area (Å²) in [4.78, 5) is 4.35. The molecule has 0 aliphatic carbocycles. The lowest BCUT2D eigenvalue weighted by Gasteiger charge is -2.10. The molecule has 0 saturated heterocycles. The second kappa shape index (κ2) is 7.63. The van der Waals surface area contributed by atoms with E-state index in [9.17, 15) is 8.42 Å². The van der Waals surface area contributed by atoms with Crippen LogP contribution in [0.4, 0.5) is 17.2 Å².